The van der Waals surface area contributed by atoms with Gasteiger partial charge < -0.3 is 10.1 Å². The molecule has 6 heteroatoms. The fourth-order valence-corrected chi connectivity index (χ4v) is 4.66. The number of likely N-dealkylation sites (N-methyl/N-ethyl adjacent to an activating group) is 1. The highest BCUT2D eigenvalue weighted by molar-refractivity contribution is 7.89. The molecule has 1 N–H and O–H groups in total. The van der Waals surface area contributed by atoms with Crippen LogP contribution in [0.15, 0.2) is 17.0 Å². The maximum atomic E-state index is 12.8. The molecule has 2 rings (SSSR count). The van der Waals surface area contributed by atoms with E-state index in [0.29, 0.717) is 23.7 Å². The molecule has 0 amide bonds. The lowest BCUT2D eigenvalue weighted by Crippen LogP contribution is -2.34. The molecule has 0 radical (unpaired) electrons. The van der Waals surface area contributed by atoms with E-state index < -0.39 is 10.0 Å². The molecule has 5 nitrogen and oxygen atoms in total. The molecule has 1 aliphatic rings. The van der Waals surface area contributed by atoms with Crippen LogP contribution in [0.4, 0.5) is 0 Å². The number of hydrogen-bond donors (Lipinski definition) is 1. The van der Waals surface area contributed by atoms with Gasteiger partial charge in [-0.2, -0.15) is 4.31 Å². The second-order valence-electron chi connectivity index (χ2n) is 5.23. The predicted molar refractivity (Wildman–Crippen MR) is 78.7 cm³/mol. The van der Waals surface area contributed by atoms with E-state index in [1.807, 2.05) is 20.9 Å². The number of hydrogen-bond acceptors (Lipinski definition) is 4. The van der Waals surface area contributed by atoms with Gasteiger partial charge in [-0.3, -0.25) is 0 Å². The van der Waals surface area contributed by atoms with Crippen LogP contribution in [0, 0.1) is 13.8 Å². The Bertz CT molecular complexity index is 575. The van der Waals surface area contributed by atoms with Crippen LogP contribution >= 0.6 is 0 Å². The molecule has 1 fully saturated rings. The van der Waals surface area contributed by atoms with E-state index >= 15 is 0 Å². The highest BCUT2D eigenvalue weighted by atomic mass is 32.2. The first kappa shape index (κ1) is 15.3. The summed E-state index contributed by atoms with van der Waals surface area (Å²) in [6.07, 6.45) is 0.851. The van der Waals surface area contributed by atoms with Crippen molar-refractivity contribution in [3.05, 3.63) is 23.3 Å². The zero-order valence-corrected chi connectivity index (χ0v) is 13.3. The number of rotatable bonds is 4. The highest BCUT2D eigenvalue weighted by Crippen LogP contribution is 2.29. The van der Waals surface area contributed by atoms with Crippen molar-refractivity contribution < 1.29 is 13.2 Å². The first-order chi connectivity index (χ1) is 9.40. The third-order valence-electron chi connectivity index (χ3n) is 3.83. The number of methoxy groups -OCH3 is 1. The van der Waals surface area contributed by atoms with Crippen LogP contribution in [0.1, 0.15) is 17.5 Å². The summed E-state index contributed by atoms with van der Waals surface area (Å²) >= 11 is 0. The molecular weight excluding hydrogens is 276 g/mol. The van der Waals surface area contributed by atoms with Crippen LogP contribution in [-0.2, 0) is 10.0 Å². The Morgan fingerprint density at radius 2 is 1.90 bits per heavy atom. The molecule has 0 aromatic heterocycles. The topological polar surface area (TPSA) is 58.6 Å². The summed E-state index contributed by atoms with van der Waals surface area (Å²) in [5.74, 6) is 0.688. The lowest BCUT2D eigenvalue weighted by Gasteiger charge is -2.20. The number of sulfonamides is 1. The molecule has 1 heterocycles. The number of nitrogens with zero attached hydrogens (tertiary/aromatic N) is 1. The summed E-state index contributed by atoms with van der Waals surface area (Å²) in [6, 6.07) is 3.78. The van der Waals surface area contributed by atoms with Crippen LogP contribution < -0.4 is 10.1 Å². The van der Waals surface area contributed by atoms with Gasteiger partial charge in [0.05, 0.1) is 12.0 Å². The third kappa shape index (κ3) is 2.68. The van der Waals surface area contributed by atoms with Crippen molar-refractivity contribution in [1.82, 2.24) is 9.62 Å². The van der Waals surface area contributed by atoms with Crippen molar-refractivity contribution in [2.75, 3.05) is 27.2 Å². The number of benzene rings is 1. The summed E-state index contributed by atoms with van der Waals surface area (Å²) in [4.78, 5) is 0.412. The lowest BCUT2D eigenvalue weighted by molar-refractivity contribution is 0.413. The average Bonchev–Trinajstić information content (AvgIpc) is 2.86. The molecule has 1 saturated heterocycles. The largest absolute Gasteiger partial charge is 0.497 e. The molecule has 1 atom stereocenters. The summed E-state index contributed by atoms with van der Waals surface area (Å²) in [7, 11) is 0.0192. The third-order valence-corrected chi connectivity index (χ3v) is 6.00. The van der Waals surface area contributed by atoms with Crippen LogP contribution in [0.5, 0.6) is 5.75 Å². The molecule has 0 bridgehead atoms. The van der Waals surface area contributed by atoms with E-state index in [-0.39, 0.29) is 6.04 Å². The van der Waals surface area contributed by atoms with Gasteiger partial charge in [0.25, 0.3) is 0 Å². The summed E-state index contributed by atoms with van der Waals surface area (Å²) in [5.41, 5.74) is 1.46. The quantitative estimate of drug-likeness (QED) is 0.910. The van der Waals surface area contributed by atoms with Crippen molar-refractivity contribution in [3.63, 3.8) is 0 Å². The Balaban J connectivity index is 2.40. The molecule has 1 aliphatic heterocycles. The first-order valence-corrected chi connectivity index (χ1v) is 8.16. The number of nitrogens with one attached hydrogen (secondary N) is 1. The molecule has 1 aromatic carbocycles. The van der Waals surface area contributed by atoms with Crippen molar-refractivity contribution in [1.29, 1.82) is 0 Å². The number of ether oxygens (including phenoxy) is 1. The Kier molecular flexibility index (Phi) is 4.36. The van der Waals surface area contributed by atoms with E-state index in [0.717, 1.165) is 17.5 Å². The fraction of sp³-hybridized carbons (Fsp3) is 0.571. The van der Waals surface area contributed by atoms with Gasteiger partial charge in [0.15, 0.2) is 0 Å². The number of aryl methyl sites for hydroxylation is 2. The fourth-order valence-electron chi connectivity index (χ4n) is 2.75. The summed E-state index contributed by atoms with van der Waals surface area (Å²) < 4.78 is 32.3. The predicted octanol–water partition coefficient (Wildman–Crippen LogP) is 1.29. The monoisotopic (exact) mass is 298 g/mol. The van der Waals surface area contributed by atoms with Crippen LogP contribution in [0.25, 0.3) is 0 Å². The second kappa shape index (κ2) is 5.71. The molecule has 1 aromatic rings. The minimum absolute atomic E-state index is 0.239. The zero-order chi connectivity index (χ0) is 14.9. The van der Waals surface area contributed by atoms with Crippen LogP contribution in [0.2, 0.25) is 0 Å². The van der Waals surface area contributed by atoms with Gasteiger partial charge in [-0.1, -0.05) is 0 Å². The van der Waals surface area contributed by atoms with Crippen LogP contribution in [-0.4, -0.2) is 46.0 Å². The van der Waals surface area contributed by atoms with Gasteiger partial charge in [-0.15, -0.1) is 0 Å². The Morgan fingerprint density at radius 3 is 2.35 bits per heavy atom. The molecular formula is C14H22N2O3S. The maximum Gasteiger partial charge on any atom is 0.243 e. The van der Waals surface area contributed by atoms with E-state index in [2.05, 4.69) is 5.32 Å². The van der Waals surface area contributed by atoms with Gasteiger partial charge >= 0.3 is 0 Å². The van der Waals surface area contributed by atoms with Gasteiger partial charge in [0.1, 0.15) is 5.75 Å². The average molecular weight is 298 g/mol. The molecule has 0 spiro atoms. The normalized spacial score (nSPS) is 20.3. The first-order valence-electron chi connectivity index (χ1n) is 6.72. The molecule has 0 saturated carbocycles. The zero-order valence-electron chi connectivity index (χ0n) is 12.4. The van der Waals surface area contributed by atoms with Crippen molar-refractivity contribution >= 4 is 10.0 Å². The van der Waals surface area contributed by atoms with Gasteiger partial charge in [-0.25, -0.2) is 8.42 Å². The van der Waals surface area contributed by atoms with Crippen molar-refractivity contribution in [3.8, 4) is 5.75 Å². The summed E-state index contributed by atoms with van der Waals surface area (Å²) in [5, 5.41) is 3.14. The van der Waals surface area contributed by atoms with E-state index in [9.17, 15) is 8.42 Å². The summed E-state index contributed by atoms with van der Waals surface area (Å²) in [6.45, 7) is 4.73. The second-order valence-corrected chi connectivity index (χ2v) is 7.10. The molecule has 20 heavy (non-hydrogen) atoms. The molecule has 0 aliphatic carbocycles. The van der Waals surface area contributed by atoms with E-state index in [1.54, 1.807) is 23.5 Å². The van der Waals surface area contributed by atoms with Gasteiger partial charge in [0.2, 0.25) is 10.0 Å². The highest BCUT2D eigenvalue weighted by Gasteiger charge is 2.33. The SMILES string of the molecule is CNC1CCN(S(=O)(=O)c2c(C)cc(OC)cc2C)C1. The van der Waals surface area contributed by atoms with Crippen LogP contribution in [0.3, 0.4) is 0 Å². The standard InChI is InChI=1S/C14H22N2O3S/c1-10-7-13(19-4)8-11(2)14(10)20(17,18)16-6-5-12(9-16)15-3/h7-8,12,15H,5-6,9H2,1-4H3. The molecule has 1 unspecified atom stereocenters. The van der Waals surface area contributed by atoms with Crippen molar-refractivity contribution in [2.45, 2.75) is 31.2 Å². The van der Waals surface area contributed by atoms with Gasteiger partial charge in [-0.05, 0) is 50.6 Å². The Labute approximate surface area is 121 Å². The lowest BCUT2D eigenvalue weighted by atomic mass is 10.1. The Morgan fingerprint density at radius 1 is 1.30 bits per heavy atom. The van der Waals surface area contributed by atoms with E-state index in [4.69, 9.17) is 4.74 Å². The molecule has 112 valence electrons. The minimum atomic E-state index is -3.43. The minimum Gasteiger partial charge on any atom is -0.497 e. The Hall–Kier alpha value is -1.11. The smallest absolute Gasteiger partial charge is 0.243 e. The van der Waals surface area contributed by atoms with Crippen molar-refractivity contribution in [2.24, 2.45) is 0 Å². The maximum absolute atomic E-state index is 12.8. The van der Waals surface area contributed by atoms with Gasteiger partial charge in [0, 0.05) is 19.1 Å². The van der Waals surface area contributed by atoms with E-state index in [1.165, 1.54) is 0 Å².